The Morgan fingerprint density at radius 3 is 1.44 bits per heavy atom. The molecule has 11 unspecified atom stereocenters. The van der Waals surface area contributed by atoms with E-state index in [9.17, 15) is 45.3 Å². The van der Waals surface area contributed by atoms with Gasteiger partial charge < -0.3 is 64.2 Å². The van der Waals surface area contributed by atoms with Crippen molar-refractivity contribution in [3.63, 3.8) is 0 Å². The second-order valence-electron chi connectivity index (χ2n) is 18.3. The van der Waals surface area contributed by atoms with E-state index < -0.39 is 99.3 Å². The van der Waals surface area contributed by atoms with Crippen LogP contribution in [-0.2, 0) is 38.0 Å². The fourth-order valence-corrected chi connectivity index (χ4v) is 7.82. The van der Waals surface area contributed by atoms with Crippen molar-refractivity contribution < 1.29 is 73.8 Å². The van der Waals surface area contributed by atoms with Crippen LogP contribution in [0, 0.1) is 0 Å². The molecule has 0 bridgehead atoms. The second kappa shape index (κ2) is 41.4. The molecule has 2 rings (SSSR count). The summed E-state index contributed by atoms with van der Waals surface area (Å²) in [4.78, 5) is 25.8. The fraction of sp³-hybridized carbons (Fsp3) is 0.745. The summed E-state index contributed by atoms with van der Waals surface area (Å²) in [6.07, 6.45) is 32.1. The number of esters is 2. The summed E-state index contributed by atoms with van der Waals surface area (Å²) in [5, 5.41) is 72.1. The van der Waals surface area contributed by atoms with Gasteiger partial charge in [-0.2, -0.15) is 0 Å². The van der Waals surface area contributed by atoms with Crippen molar-refractivity contribution in [3.8, 4) is 0 Å². The van der Waals surface area contributed by atoms with Crippen LogP contribution < -0.4 is 0 Å². The normalized spacial score (nSPS) is 26.0. The standard InChI is InChI=1S/C55H92O15/c1-3-5-7-9-11-13-15-17-19-20-21-22-24-26-28-30-32-34-36-38-47(58)68-43(40-65-46(57)37-35-33-31-29-27-25-23-18-16-14-12-10-8-6-4-2)41-66-54-53(64)51(62)49(60)45(70-54)42-67-55-52(63)50(61)48(59)44(39-56)69-55/h5,7,11,13,17-19,21-23,26,28,43-45,48-56,59-64H,3-4,6,8-10,12,14-16,20,24-25,27,29-42H2,1-2H3/b7-5-,13-11-,19-17-,22-21-,23-18-,28-26-. The van der Waals surface area contributed by atoms with E-state index in [1.54, 1.807) is 0 Å². The minimum atomic E-state index is -1.78. The molecule has 0 saturated carbocycles. The molecule has 0 aromatic rings. The predicted octanol–water partition coefficient (Wildman–Crippen LogP) is 7.82. The van der Waals surface area contributed by atoms with Gasteiger partial charge in [-0.05, 0) is 83.5 Å². The number of allylic oxidation sites excluding steroid dienone is 12. The Hall–Kier alpha value is -3.06. The molecule has 2 aliphatic heterocycles. The Bertz CT molecular complexity index is 1490. The first-order valence-corrected chi connectivity index (χ1v) is 26.5. The van der Waals surface area contributed by atoms with Crippen LogP contribution in [-0.4, -0.2) is 142 Å². The van der Waals surface area contributed by atoms with E-state index in [1.165, 1.54) is 38.5 Å². The highest BCUT2D eigenvalue weighted by molar-refractivity contribution is 5.70. The molecule has 2 aliphatic rings. The number of aliphatic hydroxyl groups excluding tert-OH is 7. The predicted molar refractivity (Wildman–Crippen MR) is 270 cm³/mol. The first kappa shape index (κ1) is 63.1. The van der Waals surface area contributed by atoms with Crippen LogP contribution in [0.15, 0.2) is 72.9 Å². The monoisotopic (exact) mass is 993 g/mol. The lowest BCUT2D eigenvalue weighted by atomic mass is 9.98. The summed E-state index contributed by atoms with van der Waals surface area (Å²) >= 11 is 0. The summed E-state index contributed by atoms with van der Waals surface area (Å²) in [5.41, 5.74) is 0. The van der Waals surface area contributed by atoms with E-state index in [0.717, 1.165) is 89.9 Å². The summed E-state index contributed by atoms with van der Waals surface area (Å²) < 4.78 is 33.6. The first-order chi connectivity index (χ1) is 34.0. The van der Waals surface area contributed by atoms with Crippen LogP contribution in [0.3, 0.4) is 0 Å². The Kier molecular flexibility index (Phi) is 37.3. The van der Waals surface area contributed by atoms with E-state index in [4.69, 9.17) is 28.4 Å². The van der Waals surface area contributed by atoms with Crippen molar-refractivity contribution in [1.82, 2.24) is 0 Å². The van der Waals surface area contributed by atoms with Crippen LogP contribution in [0.4, 0.5) is 0 Å². The summed E-state index contributed by atoms with van der Waals surface area (Å²) in [7, 11) is 0. The van der Waals surface area contributed by atoms with Crippen LogP contribution >= 0.6 is 0 Å². The van der Waals surface area contributed by atoms with Crippen molar-refractivity contribution in [1.29, 1.82) is 0 Å². The topological polar surface area (TPSA) is 231 Å². The molecule has 0 aliphatic carbocycles. The lowest BCUT2D eigenvalue weighted by molar-refractivity contribution is -0.332. The van der Waals surface area contributed by atoms with Gasteiger partial charge in [0.05, 0.1) is 19.8 Å². The zero-order chi connectivity index (χ0) is 51.0. The maximum Gasteiger partial charge on any atom is 0.306 e. The Labute approximate surface area is 419 Å². The zero-order valence-corrected chi connectivity index (χ0v) is 42.5. The third kappa shape index (κ3) is 28.8. The number of hydrogen-bond acceptors (Lipinski definition) is 15. The zero-order valence-electron chi connectivity index (χ0n) is 42.5. The molecular formula is C55H92O15. The Morgan fingerprint density at radius 1 is 0.471 bits per heavy atom. The molecular weight excluding hydrogens is 901 g/mol. The lowest BCUT2D eigenvalue weighted by Crippen LogP contribution is -2.61. The molecule has 11 atom stereocenters. The second-order valence-corrected chi connectivity index (χ2v) is 18.3. The Balaban J connectivity index is 1.82. The molecule has 2 saturated heterocycles. The third-order valence-electron chi connectivity index (χ3n) is 12.2. The number of carbonyl (C=O) groups is 2. The number of hydrogen-bond donors (Lipinski definition) is 7. The minimum Gasteiger partial charge on any atom is -0.462 e. The highest BCUT2D eigenvalue weighted by Crippen LogP contribution is 2.26. The lowest BCUT2D eigenvalue weighted by Gasteiger charge is -2.42. The van der Waals surface area contributed by atoms with Gasteiger partial charge in [0.15, 0.2) is 18.7 Å². The maximum absolute atomic E-state index is 13.0. The van der Waals surface area contributed by atoms with Crippen molar-refractivity contribution in [3.05, 3.63) is 72.9 Å². The highest BCUT2D eigenvalue weighted by Gasteiger charge is 2.47. The molecule has 0 radical (unpaired) electrons. The van der Waals surface area contributed by atoms with Crippen molar-refractivity contribution >= 4 is 11.9 Å². The summed E-state index contributed by atoms with van der Waals surface area (Å²) in [5.74, 6) is -0.977. The van der Waals surface area contributed by atoms with E-state index in [0.29, 0.717) is 12.8 Å². The number of rotatable bonds is 40. The highest BCUT2D eigenvalue weighted by atomic mass is 16.7. The molecule has 7 N–H and O–H groups in total. The van der Waals surface area contributed by atoms with E-state index in [2.05, 4.69) is 86.8 Å². The van der Waals surface area contributed by atoms with Crippen LogP contribution in [0.25, 0.3) is 0 Å². The molecule has 402 valence electrons. The minimum absolute atomic E-state index is 0.121. The number of ether oxygens (including phenoxy) is 6. The molecule has 0 aromatic carbocycles. The maximum atomic E-state index is 13.0. The molecule has 15 nitrogen and oxygen atoms in total. The molecule has 70 heavy (non-hydrogen) atoms. The van der Waals surface area contributed by atoms with Gasteiger partial charge in [0.1, 0.15) is 55.4 Å². The largest absolute Gasteiger partial charge is 0.462 e. The molecule has 2 heterocycles. The van der Waals surface area contributed by atoms with Gasteiger partial charge >= 0.3 is 11.9 Å². The number of unbranched alkanes of at least 4 members (excludes halogenated alkanes) is 14. The van der Waals surface area contributed by atoms with Crippen molar-refractivity contribution in [2.45, 2.75) is 235 Å². The van der Waals surface area contributed by atoms with Gasteiger partial charge in [-0.3, -0.25) is 9.59 Å². The van der Waals surface area contributed by atoms with E-state index in [-0.39, 0.29) is 19.4 Å². The summed E-state index contributed by atoms with van der Waals surface area (Å²) in [6.45, 7) is 2.42. The van der Waals surface area contributed by atoms with Gasteiger partial charge in [0.25, 0.3) is 0 Å². The van der Waals surface area contributed by atoms with Gasteiger partial charge in [0.2, 0.25) is 0 Å². The first-order valence-electron chi connectivity index (χ1n) is 26.5. The molecule has 15 heteroatoms. The smallest absolute Gasteiger partial charge is 0.306 e. The van der Waals surface area contributed by atoms with E-state index in [1.807, 2.05) is 0 Å². The average Bonchev–Trinajstić information content (AvgIpc) is 3.35. The van der Waals surface area contributed by atoms with Crippen molar-refractivity contribution in [2.75, 3.05) is 26.4 Å². The number of aliphatic hydroxyl groups is 7. The Morgan fingerprint density at radius 2 is 0.900 bits per heavy atom. The van der Waals surface area contributed by atoms with Crippen LogP contribution in [0.1, 0.15) is 168 Å². The quantitative estimate of drug-likeness (QED) is 0.0176. The van der Waals surface area contributed by atoms with Gasteiger partial charge in [-0.1, -0.05) is 145 Å². The molecule has 0 aromatic heterocycles. The van der Waals surface area contributed by atoms with Crippen LogP contribution in [0.5, 0.6) is 0 Å². The SMILES string of the molecule is CC/C=C\C/C=C\C/C=C\C/C=C\C/C=C\CCCCCC(=O)OC(COC(=O)CCCCCCC/C=C\CCCCCCCC)COC1OC(COC2OC(CO)C(O)C(O)C2O)C(O)C(O)C1O. The van der Waals surface area contributed by atoms with Gasteiger partial charge in [0, 0.05) is 12.8 Å². The molecule has 0 spiro atoms. The average molecular weight is 993 g/mol. The summed E-state index contributed by atoms with van der Waals surface area (Å²) in [6, 6.07) is 0. The van der Waals surface area contributed by atoms with Crippen molar-refractivity contribution in [2.24, 2.45) is 0 Å². The van der Waals surface area contributed by atoms with Crippen LogP contribution in [0.2, 0.25) is 0 Å². The fourth-order valence-electron chi connectivity index (χ4n) is 7.82. The van der Waals surface area contributed by atoms with Gasteiger partial charge in [-0.25, -0.2) is 0 Å². The van der Waals surface area contributed by atoms with E-state index >= 15 is 0 Å². The molecule has 0 amide bonds. The molecule has 2 fully saturated rings. The van der Waals surface area contributed by atoms with Gasteiger partial charge in [-0.15, -0.1) is 0 Å². The number of carbonyl (C=O) groups excluding carboxylic acids is 2. The third-order valence-corrected chi connectivity index (χ3v) is 12.2.